The lowest BCUT2D eigenvalue weighted by Gasteiger charge is -2.37. The molecule has 0 spiro atoms. The molecule has 2 fully saturated rings. The van der Waals surface area contributed by atoms with Crippen LogP contribution in [0.1, 0.15) is 39.0 Å². The fourth-order valence-corrected chi connectivity index (χ4v) is 3.54. The summed E-state index contributed by atoms with van der Waals surface area (Å²) in [4.78, 5) is 0. The molecule has 2 nitrogen and oxygen atoms in total. The van der Waals surface area contributed by atoms with Crippen LogP contribution in [0.3, 0.4) is 0 Å². The summed E-state index contributed by atoms with van der Waals surface area (Å²) >= 11 is 0. The molecule has 2 heterocycles. The Kier molecular flexibility index (Phi) is 4.45. The third-order valence-electron chi connectivity index (χ3n) is 4.35. The summed E-state index contributed by atoms with van der Waals surface area (Å²) in [5.41, 5.74) is 0. The Morgan fingerprint density at radius 3 is 1.87 bits per heavy atom. The average Bonchev–Trinajstić information content (AvgIpc) is 2.33. The van der Waals surface area contributed by atoms with E-state index in [9.17, 15) is 0 Å². The first-order chi connectivity index (χ1) is 7.42. The quantitative estimate of drug-likeness (QED) is 0.744. The maximum Gasteiger partial charge on any atom is -0.00178 e. The van der Waals surface area contributed by atoms with Crippen LogP contribution in [0.5, 0.6) is 0 Å². The van der Waals surface area contributed by atoms with E-state index in [4.69, 9.17) is 0 Å². The molecular weight excluding hydrogens is 184 g/mol. The molecule has 0 radical (unpaired) electrons. The summed E-state index contributed by atoms with van der Waals surface area (Å²) in [5.74, 6) is 2.87. The summed E-state index contributed by atoms with van der Waals surface area (Å²) in [6, 6.07) is 0. The van der Waals surface area contributed by atoms with E-state index in [1.807, 2.05) is 0 Å². The van der Waals surface area contributed by atoms with Crippen molar-refractivity contribution in [3.05, 3.63) is 0 Å². The van der Waals surface area contributed by atoms with E-state index >= 15 is 0 Å². The molecule has 0 aromatic rings. The van der Waals surface area contributed by atoms with Crippen LogP contribution < -0.4 is 10.6 Å². The van der Waals surface area contributed by atoms with Crippen molar-refractivity contribution in [2.24, 2.45) is 17.8 Å². The van der Waals surface area contributed by atoms with Gasteiger partial charge in [-0.1, -0.05) is 13.3 Å². The molecule has 0 aliphatic carbocycles. The van der Waals surface area contributed by atoms with Crippen molar-refractivity contribution in [2.75, 3.05) is 26.2 Å². The van der Waals surface area contributed by atoms with Crippen molar-refractivity contribution < 1.29 is 0 Å². The molecule has 2 N–H and O–H groups in total. The molecule has 88 valence electrons. The Morgan fingerprint density at radius 1 is 1.00 bits per heavy atom. The van der Waals surface area contributed by atoms with Crippen molar-refractivity contribution >= 4 is 0 Å². The molecule has 2 aliphatic rings. The van der Waals surface area contributed by atoms with Gasteiger partial charge in [-0.25, -0.2) is 0 Å². The van der Waals surface area contributed by atoms with Crippen LogP contribution in [0.2, 0.25) is 0 Å². The number of hydrogen-bond acceptors (Lipinski definition) is 2. The average molecular weight is 210 g/mol. The van der Waals surface area contributed by atoms with Gasteiger partial charge < -0.3 is 10.6 Å². The zero-order chi connectivity index (χ0) is 10.5. The van der Waals surface area contributed by atoms with E-state index in [1.54, 1.807) is 0 Å². The van der Waals surface area contributed by atoms with Gasteiger partial charge in [-0.15, -0.1) is 0 Å². The van der Waals surface area contributed by atoms with Crippen molar-refractivity contribution in [3.63, 3.8) is 0 Å². The van der Waals surface area contributed by atoms with Gasteiger partial charge in [-0.05, 0) is 69.6 Å². The number of hydrogen-bond donors (Lipinski definition) is 2. The summed E-state index contributed by atoms with van der Waals surface area (Å²) in [6.45, 7) is 7.42. The molecule has 0 saturated carbocycles. The number of rotatable bonds is 3. The van der Waals surface area contributed by atoms with Crippen LogP contribution in [0, 0.1) is 17.8 Å². The lowest BCUT2D eigenvalue weighted by atomic mass is 9.74. The Hall–Kier alpha value is -0.0800. The molecule has 2 aliphatic heterocycles. The molecule has 15 heavy (non-hydrogen) atoms. The van der Waals surface area contributed by atoms with Gasteiger partial charge in [0.2, 0.25) is 0 Å². The first-order valence-electron chi connectivity index (χ1n) is 6.83. The zero-order valence-electron chi connectivity index (χ0n) is 10.1. The highest BCUT2D eigenvalue weighted by Gasteiger charge is 2.29. The Morgan fingerprint density at radius 2 is 1.53 bits per heavy atom. The van der Waals surface area contributed by atoms with Crippen LogP contribution >= 0.6 is 0 Å². The van der Waals surface area contributed by atoms with Crippen molar-refractivity contribution in [1.82, 2.24) is 10.6 Å². The van der Waals surface area contributed by atoms with Crippen LogP contribution in [0.4, 0.5) is 0 Å². The molecule has 2 unspecified atom stereocenters. The van der Waals surface area contributed by atoms with E-state index in [-0.39, 0.29) is 0 Å². The van der Waals surface area contributed by atoms with Gasteiger partial charge in [0.15, 0.2) is 0 Å². The predicted octanol–water partition coefficient (Wildman–Crippen LogP) is 2.01. The molecule has 2 atom stereocenters. The minimum atomic E-state index is 0.952. The highest BCUT2D eigenvalue weighted by molar-refractivity contribution is 4.83. The maximum atomic E-state index is 3.57. The van der Waals surface area contributed by atoms with E-state index in [0.29, 0.717) is 0 Å². The number of nitrogens with one attached hydrogen (secondary N) is 2. The first kappa shape index (κ1) is 11.4. The van der Waals surface area contributed by atoms with E-state index in [2.05, 4.69) is 17.6 Å². The van der Waals surface area contributed by atoms with Gasteiger partial charge in [-0.2, -0.15) is 0 Å². The predicted molar refractivity (Wildman–Crippen MR) is 65.0 cm³/mol. The van der Waals surface area contributed by atoms with E-state index in [1.165, 1.54) is 58.3 Å². The molecule has 0 bridgehead atoms. The summed E-state index contributed by atoms with van der Waals surface area (Å²) in [7, 11) is 0. The minimum Gasteiger partial charge on any atom is -0.316 e. The lowest BCUT2D eigenvalue weighted by molar-refractivity contribution is 0.157. The second kappa shape index (κ2) is 5.86. The normalized spacial score (nSPS) is 35.0. The second-order valence-corrected chi connectivity index (χ2v) is 5.28. The third-order valence-corrected chi connectivity index (χ3v) is 4.35. The number of piperidine rings is 2. The molecule has 0 aromatic carbocycles. The standard InChI is InChI=1S/C13H26N2/c1-2-13(11-5-3-7-14-9-11)12-6-4-8-15-10-12/h11-15H,2-10H2,1H3. The summed E-state index contributed by atoms with van der Waals surface area (Å²) in [6.07, 6.45) is 7.07. The van der Waals surface area contributed by atoms with Gasteiger partial charge in [0, 0.05) is 0 Å². The van der Waals surface area contributed by atoms with Crippen molar-refractivity contribution in [3.8, 4) is 0 Å². The smallest absolute Gasteiger partial charge is 0.00178 e. The summed E-state index contributed by atoms with van der Waals surface area (Å²) < 4.78 is 0. The van der Waals surface area contributed by atoms with E-state index < -0.39 is 0 Å². The van der Waals surface area contributed by atoms with Crippen molar-refractivity contribution in [2.45, 2.75) is 39.0 Å². The van der Waals surface area contributed by atoms with Crippen LogP contribution in [-0.4, -0.2) is 26.2 Å². The van der Waals surface area contributed by atoms with Crippen LogP contribution in [-0.2, 0) is 0 Å². The van der Waals surface area contributed by atoms with Crippen LogP contribution in [0.15, 0.2) is 0 Å². The molecule has 0 aromatic heterocycles. The first-order valence-corrected chi connectivity index (χ1v) is 6.83. The van der Waals surface area contributed by atoms with Gasteiger partial charge in [0.05, 0.1) is 0 Å². The molecule has 0 amide bonds. The molecule has 2 rings (SSSR count). The SMILES string of the molecule is CCC(C1CCCNC1)C1CCCNC1. The zero-order valence-corrected chi connectivity index (χ0v) is 10.1. The van der Waals surface area contributed by atoms with Gasteiger partial charge in [0.25, 0.3) is 0 Å². The molecule has 2 heteroatoms. The molecular formula is C13H26N2. The fraction of sp³-hybridized carbons (Fsp3) is 1.00. The maximum absolute atomic E-state index is 3.57. The fourth-order valence-electron chi connectivity index (χ4n) is 3.54. The second-order valence-electron chi connectivity index (χ2n) is 5.28. The largest absolute Gasteiger partial charge is 0.316 e. The van der Waals surface area contributed by atoms with Crippen LogP contribution in [0.25, 0.3) is 0 Å². The van der Waals surface area contributed by atoms with Gasteiger partial charge >= 0.3 is 0 Å². The third kappa shape index (κ3) is 2.94. The highest BCUT2D eigenvalue weighted by atomic mass is 14.9. The molecule has 2 saturated heterocycles. The summed E-state index contributed by atoms with van der Waals surface area (Å²) in [5, 5.41) is 7.14. The van der Waals surface area contributed by atoms with Crippen molar-refractivity contribution in [1.29, 1.82) is 0 Å². The Bertz CT molecular complexity index is 151. The highest BCUT2D eigenvalue weighted by Crippen LogP contribution is 2.32. The lowest BCUT2D eigenvalue weighted by Crippen LogP contribution is -2.41. The van der Waals surface area contributed by atoms with E-state index in [0.717, 1.165) is 17.8 Å². The van der Waals surface area contributed by atoms with Gasteiger partial charge in [0.1, 0.15) is 0 Å². The monoisotopic (exact) mass is 210 g/mol. The topological polar surface area (TPSA) is 24.1 Å². The minimum absolute atomic E-state index is 0.952. The van der Waals surface area contributed by atoms with Gasteiger partial charge in [-0.3, -0.25) is 0 Å². The Labute approximate surface area is 94.2 Å². The Balaban J connectivity index is 1.88.